The Bertz CT molecular complexity index is 373. The summed E-state index contributed by atoms with van der Waals surface area (Å²) in [4.78, 5) is 25.9. The van der Waals surface area contributed by atoms with Crippen LogP contribution in [0.4, 0.5) is 0 Å². The van der Waals surface area contributed by atoms with E-state index in [0.29, 0.717) is 6.04 Å². The average molecular weight is 266 g/mol. The lowest BCUT2D eigenvalue weighted by atomic mass is 9.86. The van der Waals surface area contributed by atoms with Crippen molar-refractivity contribution >= 4 is 11.7 Å². The van der Waals surface area contributed by atoms with Gasteiger partial charge in [0.2, 0.25) is 5.91 Å². The molecule has 2 aliphatic heterocycles. The van der Waals surface area contributed by atoms with Crippen molar-refractivity contribution in [2.24, 2.45) is 5.41 Å². The SMILES string of the molecule is CC(=O)N1CCCC1C(=O)[C@@H]1CCC(C(C)(C)C)N1. The van der Waals surface area contributed by atoms with E-state index in [1.54, 1.807) is 11.8 Å². The lowest BCUT2D eigenvalue weighted by molar-refractivity contribution is -0.136. The summed E-state index contributed by atoms with van der Waals surface area (Å²) in [6, 6.07) is 0.150. The first-order chi connectivity index (χ1) is 8.80. The molecular weight excluding hydrogens is 240 g/mol. The van der Waals surface area contributed by atoms with Gasteiger partial charge in [0.15, 0.2) is 5.78 Å². The minimum atomic E-state index is -0.186. The summed E-state index contributed by atoms with van der Waals surface area (Å²) < 4.78 is 0. The molecule has 2 saturated heterocycles. The smallest absolute Gasteiger partial charge is 0.220 e. The van der Waals surface area contributed by atoms with Crippen LogP contribution in [0.5, 0.6) is 0 Å². The Balaban J connectivity index is 2.00. The molecule has 0 radical (unpaired) electrons. The van der Waals surface area contributed by atoms with E-state index in [4.69, 9.17) is 0 Å². The molecule has 0 aromatic heterocycles. The highest BCUT2D eigenvalue weighted by Crippen LogP contribution is 2.30. The Labute approximate surface area is 115 Å². The molecule has 0 aliphatic carbocycles. The lowest BCUT2D eigenvalue weighted by Crippen LogP contribution is -2.49. The van der Waals surface area contributed by atoms with Crippen molar-refractivity contribution in [1.29, 1.82) is 0 Å². The van der Waals surface area contributed by atoms with Gasteiger partial charge in [-0.15, -0.1) is 0 Å². The van der Waals surface area contributed by atoms with Gasteiger partial charge in [0.05, 0.1) is 12.1 Å². The molecule has 0 aromatic carbocycles. The number of likely N-dealkylation sites (tertiary alicyclic amines) is 1. The summed E-state index contributed by atoms with van der Waals surface area (Å²) in [5.74, 6) is 0.251. The number of carbonyl (C=O) groups excluding carboxylic acids is 2. The molecule has 1 N–H and O–H groups in total. The molecule has 4 heteroatoms. The number of Topliss-reactive ketones (excluding diaryl/α,β-unsaturated/α-hetero) is 1. The van der Waals surface area contributed by atoms with Crippen LogP contribution in [0.1, 0.15) is 53.4 Å². The molecule has 2 fully saturated rings. The van der Waals surface area contributed by atoms with Gasteiger partial charge in [-0.1, -0.05) is 20.8 Å². The number of amides is 1. The van der Waals surface area contributed by atoms with Gasteiger partial charge < -0.3 is 10.2 Å². The minimum Gasteiger partial charge on any atom is -0.333 e. The van der Waals surface area contributed by atoms with E-state index < -0.39 is 0 Å². The van der Waals surface area contributed by atoms with Crippen LogP contribution in [0.2, 0.25) is 0 Å². The normalized spacial score (nSPS) is 31.8. The standard InChI is InChI=1S/C15H26N2O2/c1-10(18)17-9-5-6-12(17)14(19)11-7-8-13(16-11)15(2,3)4/h11-13,16H,5-9H2,1-4H3/t11-,12?,13?/m0/s1. The van der Waals surface area contributed by atoms with E-state index in [0.717, 1.165) is 32.2 Å². The first kappa shape index (κ1) is 14.5. The second kappa shape index (κ2) is 5.23. The van der Waals surface area contributed by atoms with E-state index >= 15 is 0 Å². The summed E-state index contributed by atoms with van der Waals surface area (Å²) in [7, 11) is 0. The highest BCUT2D eigenvalue weighted by Gasteiger charge is 2.41. The molecule has 2 heterocycles. The number of rotatable bonds is 2. The number of hydrogen-bond donors (Lipinski definition) is 1. The van der Waals surface area contributed by atoms with E-state index in [-0.39, 0.29) is 29.2 Å². The largest absolute Gasteiger partial charge is 0.333 e. The highest BCUT2D eigenvalue weighted by molar-refractivity contribution is 5.93. The predicted octanol–water partition coefficient (Wildman–Crippen LogP) is 1.73. The molecule has 3 atom stereocenters. The van der Waals surface area contributed by atoms with Crippen LogP contribution < -0.4 is 5.32 Å². The van der Waals surface area contributed by atoms with Crippen LogP contribution in [0.15, 0.2) is 0 Å². The fourth-order valence-corrected chi connectivity index (χ4v) is 3.32. The fraction of sp³-hybridized carbons (Fsp3) is 0.867. The summed E-state index contributed by atoms with van der Waals surface area (Å²) in [5.41, 5.74) is 0.185. The Kier molecular flexibility index (Phi) is 4.00. The lowest BCUT2D eigenvalue weighted by Gasteiger charge is -2.29. The number of nitrogens with one attached hydrogen (secondary N) is 1. The van der Waals surface area contributed by atoms with Gasteiger partial charge in [-0.25, -0.2) is 0 Å². The molecule has 1 amide bonds. The van der Waals surface area contributed by atoms with Gasteiger partial charge in [0.25, 0.3) is 0 Å². The van der Waals surface area contributed by atoms with E-state index in [1.807, 2.05) is 0 Å². The summed E-state index contributed by atoms with van der Waals surface area (Å²) in [6.45, 7) is 8.91. The van der Waals surface area contributed by atoms with Gasteiger partial charge in [-0.2, -0.15) is 0 Å². The molecule has 2 aliphatic rings. The Morgan fingerprint density at radius 3 is 2.37 bits per heavy atom. The molecule has 0 spiro atoms. The third-order valence-electron chi connectivity index (χ3n) is 4.52. The van der Waals surface area contributed by atoms with Crippen molar-refractivity contribution < 1.29 is 9.59 Å². The number of hydrogen-bond acceptors (Lipinski definition) is 3. The molecule has 2 unspecified atom stereocenters. The van der Waals surface area contributed by atoms with Gasteiger partial charge in [-0.05, 0) is 31.1 Å². The van der Waals surface area contributed by atoms with Crippen molar-refractivity contribution in [3.8, 4) is 0 Å². The van der Waals surface area contributed by atoms with Crippen LogP contribution in [0.3, 0.4) is 0 Å². The highest BCUT2D eigenvalue weighted by atomic mass is 16.2. The number of ketones is 1. The monoisotopic (exact) mass is 266 g/mol. The molecule has 108 valence electrons. The topological polar surface area (TPSA) is 49.4 Å². The summed E-state index contributed by atoms with van der Waals surface area (Å²) in [6.07, 6.45) is 3.73. The van der Waals surface area contributed by atoms with Crippen molar-refractivity contribution in [3.63, 3.8) is 0 Å². The van der Waals surface area contributed by atoms with Gasteiger partial charge >= 0.3 is 0 Å². The molecule has 0 bridgehead atoms. The van der Waals surface area contributed by atoms with Gasteiger partial charge in [0, 0.05) is 19.5 Å². The molecule has 0 aromatic rings. The zero-order valence-electron chi connectivity index (χ0n) is 12.5. The molecule has 4 nitrogen and oxygen atoms in total. The summed E-state index contributed by atoms with van der Waals surface area (Å²) >= 11 is 0. The van der Waals surface area contributed by atoms with Crippen LogP contribution in [0, 0.1) is 5.41 Å². The molecular formula is C15H26N2O2. The fourth-order valence-electron chi connectivity index (χ4n) is 3.32. The van der Waals surface area contributed by atoms with E-state index in [9.17, 15) is 9.59 Å². The zero-order valence-corrected chi connectivity index (χ0v) is 12.5. The van der Waals surface area contributed by atoms with Crippen molar-refractivity contribution in [1.82, 2.24) is 10.2 Å². The first-order valence-corrected chi connectivity index (χ1v) is 7.37. The minimum absolute atomic E-state index is 0.0289. The maximum Gasteiger partial charge on any atom is 0.220 e. The van der Waals surface area contributed by atoms with Crippen molar-refractivity contribution in [3.05, 3.63) is 0 Å². The molecule has 0 saturated carbocycles. The third kappa shape index (κ3) is 2.99. The number of nitrogens with zero attached hydrogens (tertiary/aromatic N) is 1. The van der Waals surface area contributed by atoms with E-state index in [1.165, 1.54) is 0 Å². The Hall–Kier alpha value is -0.900. The van der Waals surface area contributed by atoms with Crippen molar-refractivity contribution in [2.75, 3.05) is 6.54 Å². The zero-order chi connectivity index (χ0) is 14.2. The van der Waals surface area contributed by atoms with Crippen LogP contribution in [0.25, 0.3) is 0 Å². The van der Waals surface area contributed by atoms with Crippen LogP contribution >= 0.6 is 0 Å². The van der Waals surface area contributed by atoms with Crippen molar-refractivity contribution in [2.45, 2.75) is 71.5 Å². The Morgan fingerprint density at radius 2 is 1.84 bits per heavy atom. The maximum atomic E-state index is 12.6. The number of carbonyl (C=O) groups is 2. The average Bonchev–Trinajstić information content (AvgIpc) is 2.96. The Morgan fingerprint density at radius 1 is 1.16 bits per heavy atom. The molecule has 19 heavy (non-hydrogen) atoms. The quantitative estimate of drug-likeness (QED) is 0.828. The van der Waals surface area contributed by atoms with Crippen LogP contribution in [-0.2, 0) is 9.59 Å². The molecule has 2 rings (SSSR count). The van der Waals surface area contributed by atoms with Crippen LogP contribution in [-0.4, -0.2) is 41.3 Å². The van der Waals surface area contributed by atoms with E-state index in [2.05, 4.69) is 26.1 Å². The second-order valence-corrected chi connectivity index (χ2v) is 6.99. The summed E-state index contributed by atoms with van der Waals surface area (Å²) in [5, 5.41) is 3.48. The van der Waals surface area contributed by atoms with Gasteiger partial charge in [-0.3, -0.25) is 9.59 Å². The second-order valence-electron chi connectivity index (χ2n) is 6.99. The predicted molar refractivity (Wildman–Crippen MR) is 74.8 cm³/mol. The van der Waals surface area contributed by atoms with Gasteiger partial charge in [0.1, 0.15) is 0 Å². The first-order valence-electron chi connectivity index (χ1n) is 7.37. The maximum absolute atomic E-state index is 12.6. The third-order valence-corrected chi connectivity index (χ3v) is 4.52.